The Hall–Kier alpha value is -2.03. The van der Waals surface area contributed by atoms with Crippen molar-refractivity contribution in [2.45, 2.75) is 57.2 Å². The summed E-state index contributed by atoms with van der Waals surface area (Å²) in [5.41, 5.74) is 0.498. The van der Waals surface area contributed by atoms with Crippen LogP contribution in [0.15, 0.2) is 23.3 Å². The molecule has 2 aliphatic rings. The minimum atomic E-state index is -4.41. The Morgan fingerprint density at radius 3 is 2.92 bits per heavy atom. The van der Waals surface area contributed by atoms with Crippen molar-refractivity contribution in [1.82, 2.24) is 15.6 Å². The fourth-order valence-corrected chi connectivity index (χ4v) is 3.27. The highest BCUT2D eigenvalue weighted by Gasteiger charge is 2.41. The first-order valence-electron chi connectivity index (χ1n) is 8.78. The van der Waals surface area contributed by atoms with Crippen molar-refractivity contribution in [3.63, 3.8) is 0 Å². The van der Waals surface area contributed by atoms with E-state index >= 15 is 0 Å². The van der Waals surface area contributed by atoms with E-state index in [1.54, 1.807) is 12.1 Å². The monoisotopic (exact) mass is 372 g/mol. The van der Waals surface area contributed by atoms with Crippen LogP contribution >= 0.6 is 0 Å². The zero-order valence-electron chi connectivity index (χ0n) is 14.6. The van der Waals surface area contributed by atoms with Crippen molar-refractivity contribution in [2.75, 3.05) is 13.2 Å². The first kappa shape index (κ1) is 18.8. The maximum Gasteiger partial charge on any atom is 0.422 e. The average Bonchev–Trinajstić information content (AvgIpc) is 3.21. The van der Waals surface area contributed by atoms with Crippen molar-refractivity contribution in [3.8, 4) is 5.88 Å². The Morgan fingerprint density at radius 2 is 2.27 bits per heavy atom. The van der Waals surface area contributed by atoms with Crippen LogP contribution in [0.2, 0.25) is 0 Å². The van der Waals surface area contributed by atoms with Gasteiger partial charge >= 0.3 is 6.18 Å². The van der Waals surface area contributed by atoms with E-state index in [0.29, 0.717) is 24.2 Å². The minimum absolute atomic E-state index is 0.0484. The number of aromatic nitrogens is 1. The van der Waals surface area contributed by atoms with Gasteiger partial charge in [-0.2, -0.15) is 13.2 Å². The van der Waals surface area contributed by atoms with E-state index in [0.717, 1.165) is 19.3 Å². The molecule has 144 valence electrons. The van der Waals surface area contributed by atoms with Gasteiger partial charge in [-0.05, 0) is 32.3 Å². The second-order valence-electron chi connectivity index (χ2n) is 6.43. The zero-order chi connectivity index (χ0) is 18.6. The molecule has 0 radical (unpaired) electrons. The molecule has 2 fully saturated rings. The number of halogens is 3. The number of pyridine rings is 1. The second-order valence-corrected chi connectivity index (χ2v) is 6.43. The van der Waals surface area contributed by atoms with Gasteiger partial charge in [-0.25, -0.2) is 9.98 Å². The van der Waals surface area contributed by atoms with Gasteiger partial charge in [0.2, 0.25) is 5.88 Å². The van der Waals surface area contributed by atoms with E-state index in [1.807, 2.05) is 6.92 Å². The van der Waals surface area contributed by atoms with Crippen molar-refractivity contribution in [1.29, 1.82) is 0 Å². The van der Waals surface area contributed by atoms with E-state index in [-0.39, 0.29) is 24.6 Å². The van der Waals surface area contributed by atoms with Crippen LogP contribution in [0.1, 0.15) is 31.7 Å². The second kappa shape index (κ2) is 8.11. The third-order valence-electron chi connectivity index (χ3n) is 4.40. The number of fused-ring (bicyclic) bond motifs is 2. The summed E-state index contributed by atoms with van der Waals surface area (Å²) in [5.74, 6) is 0.562. The molecule has 0 amide bonds. The van der Waals surface area contributed by atoms with E-state index < -0.39 is 12.8 Å². The number of hydrogen-bond donors (Lipinski definition) is 2. The van der Waals surface area contributed by atoms with Gasteiger partial charge in [0, 0.05) is 18.3 Å². The lowest BCUT2D eigenvalue weighted by molar-refractivity contribution is -0.154. The molecule has 0 saturated carbocycles. The molecule has 0 spiro atoms. The van der Waals surface area contributed by atoms with E-state index in [1.165, 1.54) is 6.20 Å². The maximum atomic E-state index is 12.4. The number of aliphatic imine (C=N–C) groups is 1. The van der Waals surface area contributed by atoms with Gasteiger partial charge in [-0.1, -0.05) is 6.07 Å². The predicted octanol–water partition coefficient (Wildman–Crippen LogP) is 2.40. The van der Waals surface area contributed by atoms with Gasteiger partial charge in [0.25, 0.3) is 0 Å². The number of alkyl halides is 3. The highest BCUT2D eigenvalue weighted by Crippen LogP contribution is 2.34. The molecule has 3 atom stereocenters. The number of guanidine groups is 1. The van der Waals surface area contributed by atoms with Gasteiger partial charge in [0.05, 0.1) is 24.8 Å². The highest BCUT2D eigenvalue weighted by atomic mass is 19.4. The third kappa shape index (κ3) is 5.00. The molecule has 1 aromatic rings. The molecule has 3 heterocycles. The molecule has 9 heteroatoms. The lowest BCUT2D eigenvalue weighted by Gasteiger charge is -2.22. The molecule has 2 aliphatic heterocycles. The Balaban J connectivity index is 1.64. The molecule has 3 rings (SSSR count). The smallest absolute Gasteiger partial charge is 0.422 e. The number of nitrogens with one attached hydrogen (secondary N) is 2. The zero-order valence-corrected chi connectivity index (χ0v) is 14.6. The summed E-state index contributed by atoms with van der Waals surface area (Å²) >= 11 is 0. The summed E-state index contributed by atoms with van der Waals surface area (Å²) in [6.45, 7) is 1.42. The fraction of sp³-hybridized carbons (Fsp3) is 0.647. The van der Waals surface area contributed by atoms with Crippen molar-refractivity contribution >= 4 is 5.96 Å². The molecule has 3 unspecified atom stereocenters. The van der Waals surface area contributed by atoms with Crippen LogP contribution in [0, 0.1) is 0 Å². The Labute approximate surface area is 150 Å². The summed E-state index contributed by atoms with van der Waals surface area (Å²) in [7, 11) is 0. The van der Waals surface area contributed by atoms with Crippen molar-refractivity contribution in [2.24, 2.45) is 4.99 Å². The normalized spacial score (nSPS) is 25.4. The standard InChI is InChI=1S/C17H23F3N4O2/c1-2-21-16(24-13-8-12-5-6-14(13)26-12)23-9-11-4-3-7-22-15(11)25-10-17(18,19)20/h3-4,7,12-14H,2,5-6,8-10H2,1H3,(H2,21,23,24). The molecule has 2 bridgehead atoms. The fourth-order valence-electron chi connectivity index (χ4n) is 3.27. The largest absolute Gasteiger partial charge is 0.468 e. The maximum absolute atomic E-state index is 12.4. The highest BCUT2D eigenvalue weighted by molar-refractivity contribution is 5.80. The van der Waals surface area contributed by atoms with Crippen molar-refractivity contribution in [3.05, 3.63) is 23.9 Å². The number of hydrogen-bond acceptors (Lipinski definition) is 4. The van der Waals surface area contributed by atoms with Crippen LogP contribution in [-0.2, 0) is 11.3 Å². The Kier molecular flexibility index (Phi) is 5.85. The Bertz CT molecular complexity index is 639. The summed E-state index contributed by atoms with van der Waals surface area (Å²) in [5, 5.41) is 6.52. The molecular formula is C17H23F3N4O2. The van der Waals surface area contributed by atoms with Crippen LogP contribution in [0.5, 0.6) is 5.88 Å². The molecule has 1 aromatic heterocycles. The minimum Gasteiger partial charge on any atom is -0.468 e. The number of ether oxygens (including phenoxy) is 2. The molecule has 0 aliphatic carbocycles. The summed E-state index contributed by atoms with van der Waals surface area (Å²) in [6.07, 6.45) is 0.605. The SMILES string of the molecule is CCNC(=NCc1cccnc1OCC(F)(F)F)NC1CC2CCC1O2. The van der Waals surface area contributed by atoms with Crippen LogP contribution in [0.3, 0.4) is 0 Å². The predicted molar refractivity (Wildman–Crippen MR) is 90.0 cm³/mol. The topological polar surface area (TPSA) is 67.8 Å². The van der Waals surface area contributed by atoms with Gasteiger partial charge in [0.15, 0.2) is 12.6 Å². The van der Waals surface area contributed by atoms with E-state index in [9.17, 15) is 13.2 Å². The number of nitrogens with zero attached hydrogens (tertiary/aromatic N) is 2. The third-order valence-corrected chi connectivity index (χ3v) is 4.40. The molecule has 0 aromatic carbocycles. The van der Waals surface area contributed by atoms with E-state index in [2.05, 4.69) is 20.6 Å². The summed E-state index contributed by atoms with van der Waals surface area (Å²) in [4.78, 5) is 8.36. The molecule has 26 heavy (non-hydrogen) atoms. The van der Waals surface area contributed by atoms with Gasteiger partial charge in [-0.3, -0.25) is 0 Å². The molecule has 2 N–H and O–H groups in total. The van der Waals surface area contributed by atoms with Gasteiger partial charge < -0.3 is 20.1 Å². The first-order valence-corrected chi connectivity index (χ1v) is 8.78. The van der Waals surface area contributed by atoms with Gasteiger partial charge in [-0.15, -0.1) is 0 Å². The van der Waals surface area contributed by atoms with Gasteiger partial charge in [0.1, 0.15) is 0 Å². The average molecular weight is 372 g/mol. The molecule has 2 saturated heterocycles. The molecule has 6 nitrogen and oxygen atoms in total. The molecular weight excluding hydrogens is 349 g/mol. The van der Waals surface area contributed by atoms with Crippen LogP contribution in [0.4, 0.5) is 13.2 Å². The van der Waals surface area contributed by atoms with Crippen LogP contribution in [0.25, 0.3) is 0 Å². The van der Waals surface area contributed by atoms with Crippen molar-refractivity contribution < 1.29 is 22.6 Å². The lowest BCUT2D eigenvalue weighted by Crippen LogP contribution is -2.47. The first-order chi connectivity index (χ1) is 12.4. The van der Waals surface area contributed by atoms with Crippen LogP contribution < -0.4 is 15.4 Å². The summed E-state index contributed by atoms with van der Waals surface area (Å²) < 4.78 is 47.8. The summed E-state index contributed by atoms with van der Waals surface area (Å²) in [6, 6.07) is 3.52. The lowest BCUT2D eigenvalue weighted by atomic mass is 9.96. The quantitative estimate of drug-likeness (QED) is 0.593. The van der Waals surface area contributed by atoms with E-state index in [4.69, 9.17) is 9.47 Å². The van der Waals surface area contributed by atoms with Crippen LogP contribution in [-0.4, -0.2) is 48.5 Å². The Morgan fingerprint density at radius 1 is 1.42 bits per heavy atom. The number of rotatable bonds is 6.